The van der Waals surface area contributed by atoms with E-state index in [9.17, 15) is 4.79 Å². The largest absolute Gasteiger partial charge is 0.383 e. The van der Waals surface area contributed by atoms with Crippen molar-refractivity contribution in [3.63, 3.8) is 0 Å². The van der Waals surface area contributed by atoms with Crippen molar-refractivity contribution in [1.29, 1.82) is 0 Å². The van der Waals surface area contributed by atoms with Gasteiger partial charge >= 0.3 is 0 Å². The molecule has 2 N–H and O–H groups in total. The number of aromatic amines is 1. The first kappa shape index (κ1) is 14.4. The average Bonchev–Trinajstić information content (AvgIpc) is 2.32. The van der Waals surface area contributed by atoms with Crippen LogP contribution in [0.1, 0.15) is 0 Å². The molecule has 1 aromatic rings. The molecule has 96 valence electrons. The molecule has 0 unspecified atom stereocenters. The van der Waals surface area contributed by atoms with E-state index in [1.165, 1.54) is 6.33 Å². The number of aromatic nitrogens is 2. The number of hydrogen-bond acceptors (Lipinski definition) is 5. The Morgan fingerprint density at radius 2 is 2.35 bits per heavy atom. The summed E-state index contributed by atoms with van der Waals surface area (Å²) in [7, 11) is 3.60. The van der Waals surface area contributed by atoms with Crippen LogP contribution in [0.25, 0.3) is 0 Å². The van der Waals surface area contributed by atoms with Crippen LogP contribution in [0.5, 0.6) is 0 Å². The molecule has 0 spiro atoms. The lowest BCUT2D eigenvalue weighted by atomic mass is 10.4. The number of anilines is 1. The van der Waals surface area contributed by atoms with E-state index in [1.807, 2.05) is 34.5 Å². The van der Waals surface area contributed by atoms with Crippen molar-refractivity contribution in [2.75, 3.05) is 45.3 Å². The maximum Gasteiger partial charge on any atom is 0.266 e. The zero-order valence-corrected chi connectivity index (χ0v) is 12.2. The lowest BCUT2D eigenvalue weighted by molar-refractivity contribution is 0.200. The van der Waals surface area contributed by atoms with Gasteiger partial charge in [-0.15, -0.1) is 0 Å². The Kier molecular flexibility index (Phi) is 6.45. The van der Waals surface area contributed by atoms with Gasteiger partial charge in [-0.2, -0.15) is 0 Å². The Labute approximate surface area is 114 Å². The van der Waals surface area contributed by atoms with E-state index in [0.29, 0.717) is 16.0 Å². The fourth-order valence-corrected chi connectivity index (χ4v) is 2.00. The zero-order valence-electron chi connectivity index (χ0n) is 9.99. The smallest absolute Gasteiger partial charge is 0.266 e. The summed E-state index contributed by atoms with van der Waals surface area (Å²) in [5, 5.41) is 3.24. The number of likely N-dealkylation sites (N-methyl/N-ethyl adjacent to an activating group) is 1. The number of halogens is 1. The Hall–Kier alpha value is -0.670. The molecule has 0 aliphatic carbocycles. The highest BCUT2D eigenvalue weighted by Gasteiger charge is 2.09. The normalized spacial score (nSPS) is 10.5. The second-order valence-electron chi connectivity index (χ2n) is 3.53. The van der Waals surface area contributed by atoms with E-state index >= 15 is 0 Å². The van der Waals surface area contributed by atoms with Gasteiger partial charge in [-0.25, -0.2) is 4.98 Å². The summed E-state index contributed by atoms with van der Waals surface area (Å²) >= 11 is 2.01. The molecule has 1 aromatic heterocycles. The van der Waals surface area contributed by atoms with Gasteiger partial charge in [0.15, 0.2) is 0 Å². The molecule has 0 radical (unpaired) electrons. The third-order valence-electron chi connectivity index (χ3n) is 2.25. The van der Waals surface area contributed by atoms with Crippen LogP contribution in [0, 0.1) is 3.57 Å². The molecule has 0 atom stereocenters. The fourth-order valence-electron chi connectivity index (χ4n) is 1.29. The first-order valence-electron chi connectivity index (χ1n) is 5.30. The van der Waals surface area contributed by atoms with Crippen LogP contribution in [0.4, 0.5) is 5.82 Å². The molecule has 0 aliphatic heterocycles. The van der Waals surface area contributed by atoms with Gasteiger partial charge in [0.2, 0.25) is 0 Å². The van der Waals surface area contributed by atoms with Gasteiger partial charge in [-0.3, -0.25) is 4.79 Å². The molecular weight excluding hydrogens is 335 g/mol. The van der Waals surface area contributed by atoms with Crippen LogP contribution >= 0.6 is 22.6 Å². The summed E-state index contributed by atoms with van der Waals surface area (Å²) in [6, 6.07) is 0. The van der Waals surface area contributed by atoms with Crippen molar-refractivity contribution in [1.82, 2.24) is 15.3 Å². The molecule has 0 saturated heterocycles. The molecule has 0 amide bonds. The van der Waals surface area contributed by atoms with Crippen LogP contribution < -0.4 is 15.8 Å². The van der Waals surface area contributed by atoms with Gasteiger partial charge < -0.3 is 19.9 Å². The number of nitrogens with zero attached hydrogens (tertiary/aromatic N) is 2. The van der Waals surface area contributed by atoms with E-state index in [1.54, 1.807) is 7.11 Å². The summed E-state index contributed by atoms with van der Waals surface area (Å²) in [6.07, 6.45) is 1.43. The van der Waals surface area contributed by atoms with Crippen LogP contribution in [0.15, 0.2) is 11.1 Å². The van der Waals surface area contributed by atoms with E-state index in [4.69, 9.17) is 4.74 Å². The number of rotatable bonds is 7. The summed E-state index contributed by atoms with van der Waals surface area (Å²) in [4.78, 5) is 20.1. The molecule has 0 aliphatic rings. The minimum Gasteiger partial charge on any atom is -0.383 e. The number of methoxy groups -OCH3 is 1. The van der Waals surface area contributed by atoms with Gasteiger partial charge in [-0.1, -0.05) is 0 Å². The molecule has 1 rings (SSSR count). The second-order valence-corrected chi connectivity index (χ2v) is 4.61. The molecule has 0 saturated carbocycles. The third kappa shape index (κ3) is 4.60. The third-order valence-corrected chi connectivity index (χ3v) is 3.22. The summed E-state index contributed by atoms with van der Waals surface area (Å²) in [5.74, 6) is 0.711. The van der Waals surface area contributed by atoms with Gasteiger partial charge in [0.1, 0.15) is 9.39 Å². The molecule has 6 nitrogen and oxygen atoms in total. The SMILES string of the molecule is COCCNCCN(C)c1nc[nH]c(=O)c1I. The number of H-pyrrole nitrogens is 1. The van der Waals surface area contributed by atoms with Gasteiger partial charge in [0.05, 0.1) is 12.9 Å². The van der Waals surface area contributed by atoms with Crippen molar-refractivity contribution in [2.24, 2.45) is 0 Å². The minimum atomic E-state index is -0.102. The average molecular weight is 352 g/mol. The highest BCUT2D eigenvalue weighted by Crippen LogP contribution is 2.12. The highest BCUT2D eigenvalue weighted by atomic mass is 127. The standard InChI is InChI=1S/C10H17IN4O2/c1-15(5-3-12-4-6-17-2)9-8(11)10(16)14-7-13-9/h7,12H,3-6H2,1-2H3,(H,13,14,16). The molecule has 17 heavy (non-hydrogen) atoms. The van der Waals surface area contributed by atoms with Crippen molar-refractivity contribution in [3.8, 4) is 0 Å². The Morgan fingerprint density at radius 1 is 1.59 bits per heavy atom. The van der Waals surface area contributed by atoms with E-state index in [0.717, 1.165) is 19.6 Å². The number of ether oxygens (including phenoxy) is 1. The van der Waals surface area contributed by atoms with Crippen LogP contribution in [0.3, 0.4) is 0 Å². The van der Waals surface area contributed by atoms with Crippen molar-refractivity contribution in [2.45, 2.75) is 0 Å². The Bertz CT molecular complexity index is 396. The van der Waals surface area contributed by atoms with Crippen LogP contribution in [0.2, 0.25) is 0 Å². The summed E-state index contributed by atoms with van der Waals surface area (Å²) in [5.41, 5.74) is -0.102. The van der Waals surface area contributed by atoms with E-state index in [-0.39, 0.29) is 5.56 Å². The van der Waals surface area contributed by atoms with Crippen LogP contribution in [-0.4, -0.2) is 50.4 Å². The topological polar surface area (TPSA) is 70.2 Å². The number of nitrogens with one attached hydrogen (secondary N) is 2. The predicted octanol–water partition coefficient (Wildman–Crippen LogP) is 0.0467. The van der Waals surface area contributed by atoms with Crippen molar-refractivity contribution >= 4 is 28.4 Å². The quantitative estimate of drug-likeness (QED) is 0.536. The Balaban J connectivity index is 2.44. The summed E-state index contributed by atoms with van der Waals surface area (Å²) < 4.78 is 5.55. The maximum absolute atomic E-state index is 11.4. The Morgan fingerprint density at radius 3 is 3.06 bits per heavy atom. The van der Waals surface area contributed by atoms with Gasteiger partial charge in [0, 0.05) is 33.8 Å². The molecule has 1 heterocycles. The minimum absolute atomic E-state index is 0.102. The summed E-state index contributed by atoms with van der Waals surface area (Å²) in [6.45, 7) is 3.13. The number of hydrogen-bond donors (Lipinski definition) is 2. The highest BCUT2D eigenvalue weighted by molar-refractivity contribution is 14.1. The monoisotopic (exact) mass is 352 g/mol. The van der Waals surface area contributed by atoms with Crippen LogP contribution in [-0.2, 0) is 4.74 Å². The fraction of sp³-hybridized carbons (Fsp3) is 0.600. The molecule has 0 aromatic carbocycles. The predicted molar refractivity (Wildman–Crippen MR) is 75.6 cm³/mol. The lowest BCUT2D eigenvalue weighted by Gasteiger charge is -2.18. The molecule has 7 heteroatoms. The van der Waals surface area contributed by atoms with Gasteiger partial charge in [-0.05, 0) is 22.6 Å². The van der Waals surface area contributed by atoms with E-state index in [2.05, 4.69) is 15.3 Å². The van der Waals surface area contributed by atoms with Crippen molar-refractivity contribution < 1.29 is 4.74 Å². The lowest BCUT2D eigenvalue weighted by Crippen LogP contribution is -2.32. The maximum atomic E-state index is 11.4. The second kappa shape index (κ2) is 7.62. The zero-order chi connectivity index (χ0) is 12.7. The molecule has 0 fully saturated rings. The van der Waals surface area contributed by atoms with Crippen molar-refractivity contribution in [3.05, 3.63) is 20.3 Å². The molecular formula is C10H17IN4O2. The first-order valence-corrected chi connectivity index (χ1v) is 6.38. The van der Waals surface area contributed by atoms with Gasteiger partial charge in [0.25, 0.3) is 5.56 Å². The first-order chi connectivity index (χ1) is 8.16. The molecule has 0 bridgehead atoms. The van der Waals surface area contributed by atoms with E-state index < -0.39 is 0 Å².